The molecule has 2 rings (SSSR count). The van der Waals surface area contributed by atoms with Crippen molar-refractivity contribution >= 4 is 41.0 Å². The summed E-state index contributed by atoms with van der Waals surface area (Å²) in [5.41, 5.74) is 5.02. The number of hydrogen-bond donors (Lipinski definition) is 2. The van der Waals surface area contributed by atoms with Gasteiger partial charge in [-0.15, -0.1) is 0 Å². The Bertz CT molecular complexity index is 642. The number of halogens is 1. The molecular weight excluding hydrogens is 361 g/mol. The smallest absolute Gasteiger partial charge is 0.375 e. The minimum absolute atomic E-state index is 0.0641. The molecule has 0 aromatic carbocycles. The maximum absolute atomic E-state index is 13.2. The molecule has 2 unspecified atom stereocenters. The van der Waals surface area contributed by atoms with E-state index in [2.05, 4.69) is 11.9 Å². The number of rotatable bonds is 6. The number of primary amides is 1. The first-order valence-electron chi connectivity index (χ1n) is 7.03. The Labute approximate surface area is 145 Å². The molecule has 25 heavy (non-hydrogen) atoms. The fourth-order valence-corrected chi connectivity index (χ4v) is 2.48. The Morgan fingerprint density at radius 1 is 1.48 bits per heavy atom. The number of carbonyl (C=O) groups excluding carboxylic acids is 4. The zero-order chi connectivity index (χ0) is 18.7. The van der Waals surface area contributed by atoms with E-state index >= 15 is 0 Å². The van der Waals surface area contributed by atoms with Crippen LogP contribution in [0.4, 0.5) is 4.39 Å². The molecule has 2 heterocycles. The molecule has 3 atom stereocenters. The third kappa shape index (κ3) is 4.28. The molecular formula is C13H14FN3O7S. The quantitative estimate of drug-likeness (QED) is 0.433. The van der Waals surface area contributed by atoms with E-state index in [0.29, 0.717) is 5.23 Å². The molecule has 0 bridgehead atoms. The molecule has 2 saturated heterocycles. The maximum atomic E-state index is 13.2. The highest BCUT2D eigenvalue weighted by molar-refractivity contribution is 7.80. The number of thiocarbonyl (C=S) groups is 1. The summed E-state index contributed by atoms with van der Waals surface area (Å²) in [7, 11) is 0. The van der Waals surface area contributed by atoms with E-state index in [4.69, 9.17) is 32.4 Å². The molecule has 0 aromatic heterocycles. The molecule has 0 spiro atoms. The second-order valence-electron chi connectivity index (χ2n) is 5.16. The first-order chi connectivity index (χ1) is 11.7. The SMILES string of the molecule is C=C(F)C(C(N)=O)C(=S)N[C@H]1CON(OC(=O)C2CCC(=O)O2)C1=O. The average Bonchev–Trinajstić information content (AvgIpc) is 3.07. The van der Waals surface area contributed by atoms with Gasteiger partial charge in [0.25, 0.3) is 0 Å². The Morgan fingerprint density at radius 2 is 2.16 bits per heavy atom. The van der Waals surface area contributed by atoms with Crippen LogP contribution in [0.2, 0.25) is 0 Å². The van der Waals surface area contributed by atoms with E-state index in [-0.39, 0.29) is 24.4 Å². The van der Waals surface area contributed by atoms with Crippen LogP contribution in [0.25, 0.3) is 0 Å². The van der Waals surface area contributed by atoms with Crippen LogP contribution in [0.1, 0.15) is 12.8 Å². The Kier molecular flexibility index (Phi) is 5.64. The Hall–Kier alpha value is -2.60. The molecule has 0 radical (unpaired) electrons. The number of cyclic esters (lactones) is 1. The Morgan fingerprint density at radius 3 is 2.68 bits per heavy atom. The minimum Gasteiger partial charge on any atom is -0.450 e. The minimum atomic E-state index is -1.60. The Balaban J connectivity index is 1.91. The van der Waals surface area contributed by atoms with Gasteiger partial charge in [0.05, 0.1) is 4.99 Å². The third-order valence-corrected chi connectivity index (χ3v) is 3.69. The van der Waals surface area contributed by atoms with Crippen LogP contribution >= 0.6 is 12.2 Å². The first kappa shape index (κ1) is 18.7. The normalized spacial score (nSPS) is 23.8. The lowest BCUT2D eigenvalue weighted by molar-refractivity contribution is -0.306. The van der Waals surface area contributed by atoms with Crippen molar-refractivity contribution in [3.8, 4) is 0 Å². The molecule has 10 nitrogen and oxygen atoms in total. The summed E-state index contributed by atoms with van der Waals surface area (Å²) in [5.74, 6) is -6.14. The second-order valence-corrected chi connectivity index (χ2v) is 5.60. The number of nitrogens with two attached hydrogens (primary N) is 1. The molecule has 0 aromatic rings. The number of amides is 2. The molecule has 0 saturated carbocycles. The molecule has 12 heteroatoms. The largest absolute Gasteiger partial charge is 0.450 e. The zero-order valence-electron chi connectivity index (χ0n) is 12.7. The lowest BCUT2D eigenvalue weighted by Crippen LogP contribution is -2.47. The summed E-state index contributed by atoms with van der Waals surface area (Å²) in [6.45, 7) is 2.66. The van der Waals surface area contributed by atoms with Crippen LogP contribution in [0, 0.1) is 5.92 Å². The van der Waals surface area contributed by atoms with E-state index < -0.39 is 47.6 Å². The second kappa shape index (κ2) is 7.53. The van der Waals surface area contributed by atoms with Crippen LogP contribution in [-0.2, 0) is 33.6 Å². The van der Waals surface area contributed by atoms with Gasteiger partial charge in [-0.1, -0.05) is 18.8 Å². The van der Waals surface area contributed by atoms with Crippen molar-refractivity contribution < 1.29 is 38.0 Å². The number of nitrogens with one attached hydrogen (secondary N) is 1. The van der Waals surface area contributed by atoms with E-state index in [1.807, 2.05) is 0 Å². The van der Waals surface area contributed by atoms with Gasteiger partial charge in [-0.3, -0.25) is 14.4 Å². The lowest BCUT2D eigenvalue weighted by atomic mass is 10.1. The number of hydrogen-bond acceptors (Lipinski definition) is 8. The molecule has 2 aliphatic heterocycles. The predicted octanol–water partition coefficient (Wildman–Crippen LogP) is -1.21. The molecule has 2 amide bonds. The van der Waals surface area contributed by atoms with Crippen molar-refractivity contribution in [1.82, 2.24) is 10.5 Å². The maximum Gasteiger partial charge on any atom is 0.375 e. The van der Waals surface area contributed by atoms with Crippen molar-refractivity contribution in [3.63, 3.8) is 0 Å². The monoisotopic (exact) mass is 375 g/mol. The van der Waals surface area contributed by atoms with Gasteiger partial charge in [0.15, 0.2) is 0 Å². The average molecular weight is 375 g/mol. The highest BCUT2D eigenvalue weighted by Crippen LogP contribution is 2.18. The van der Waals surface area contributed by atoms with Crippen molar-refractivity contribution in [2.45, 2.75) is 25.0 Å². The van der Waals surface area contributed by atoms with Crippen LogP contribution in [0.15, 0.2) is 12.4 Å². The number of hydroxylamine groups is 2. The molecule has 136 valence electrons. The van der Waals surface area contributed by atoms with Gasteiger partial charge in [0, 0.05) is 12.8 Å². The van der Waals surface area contributed by atoms with Crippen LogP contribution in [0.3, 0.4) is 0 Å². The van der Waals surface area contributed by atoms with E-state index in [0.717, 1.165) is 0 Å². The molecule has 0 aliphatic carbocycles. The van der Waals surface area contributed by atoms with E-state index in [1.54, 1.807) is 0 Å². The number of ether oxygens (including phenoxy) is 1. The zero-order valence-corrected chi connectivity index (χ0v) is 13.5. The fraction of sp³-hybridized carbons (Fsp3) is 0.462. The predicted molar refractivity (Wildman–Crippen MR) is 80.5 cm³/mol. The van der Waals surface area contributed by atoms with E-state index in [9.17, 15) is 23.6 Å². The topological polar surface area (TPSA) is 137 Å². The third-order valence-electron chi connectivity index (χ3n) is 3.33. The van der Waals surface area contributed by atoms with Gasteiger partial charge >= 0.3 is 17.8 Å². The molecule has 3 N–H and O–H groups in total. The van der Waals surface area contributed by atoms with Gasteiger partial charge < -0.3 is 20.6 Å². The lowest BCUT2D eigenvalue weighted by Gasteiger charge is -2.17. The number of nitrogens with zero attached hydrogens (tertiary/aromatic N) is 1. The summed E-state index contributed by atoms with van der Waals surface area (Å²) in [6, 6.07) is -1.13. The van der Waals surface area contributed by atoms with Gasteiger partial charge in [0.2, 0.25) is 12.0 Å². The first-order valence-corrected chi connectivity index (χ1v) is 7.43. The summed E-state index contributed by atoms with van der Waals surface area (Å²) >= 11 is 4.84. The fourth-order valence-electron chi connectivity index (χ4n) is 2.09. The van der Waals surface area contributed by atoms with Gasteiger partial charge in [-0.2, -0.15) is 0 Å². The van der Waals surface area contributed by atoms with Crippen LogP contribution < -0.4 is 11.1 Å². The van der Waals surface area contributed by atoms with Crippen molar-refractivity contribution in [3.05, 3.63) is 12.4 Å². The number of esters is 1. The summed E-state index contributed by atoms with van der Waals surface area (Å²) in [5, 5.41) is 2.71. The van der Waals surface area contributed by atoms with Crippen LogP contribution in [0.5, 0.6) is 0 Å². The van der Waals surface area contributed by atoms with Crippen molar-refractivity contribution in [1.29, 1.82) is 0 Å². The standard InChI is InChI=1S/C13H14FN3O7S/c1-5(14)9(10(15)19)11(25)16-6-4-22-17(12(6)20)24-13(21)7-2-3-8(18)23-7/h6-7,9H,1-4H2,(H2,15,19)(H,16,25)/t6-,7?,9?/m0/s1. The van der Waals surface area contributed by atoms with Crippen molar-refractivity contribution in [2.75, 3.05) is 6.61 Å². The van der Waals surface area contributed by atoms with Crippen LogP contribution in [-0.4, -0.2) is 52.7 Å². The highest BCUT2D eigenvalue weighted by atomic mass is 32.1. The summed E-state index contributed by atoms with van der Waals surface area (Å²) in [6.07, 6.45) is -0.926. The van der Waals surface area contributed by atoms with Gasteiger partial charge in [-0.05, 0) is 5.23 Å². The van der Waals surface area contributed by atoms with Gasteiger partial charge in [0.1, 0.15) is 24.4 Å². The summed E-state index contributed by atoms with van der Waals surface area (Å²) in [4.78, 5) is 55.2. The van der Waals surface area contributed by atoms with Gasteiger partial charge in [-0.25, -0.2) is 14.0 Å². The summed E-state index contributed by atoms with van der Waals surface area (Å²) < 4.78 is 17.9. The highest BCUT2D eigenvalue weighted by Gasteiger charge is 2.41. The molecule has 2 fully saturated rings. The number of carbonyl (C=O) groups is 4. The molecule has 2 aliphatic rings. The van der Waals surface area contributed by atoms with Crippen molar-refractivity contribution in [2.24, 2.45) is 11.7 Å². The van der Waals surface area contributed by atoms with E-state index in [1.165, 1.54) is 0 Å².